The molecule has 1 aliphatic rings. The molecule has 0 saturated carbocycles. The lowest BCUT2D eigenvalue weighted by atomic mass is 10.1. The summed E-state index contributed by atoms with van der Waals surface area (Å²) in [5.41, 5.74) is 0.912. The molecule has 1 saturated heterocycles. The number of sulfonamides is 1. The maximum atomic E-state index is 13.5. The van der Waals surface area contributed by atoms with Crippen LogP contribution in [0.1, 0.15) is 12.2 Å². The predicted octanol–water partition coefficient (Wildman–Crippen LogP) is 1.65. The van der Waals surface area contributed by atoms with Crippen LogP contribution < -0.4 is 4.90 Å². The van der Waals surface area contributed by atoms with E-state index in [1.165, 1.54) is 22.8 Å². The van der Waals surface area contributed by atoms with E-state index in [0.717, 1.165) is 24.5 Å². The number of hydroxylamine groups is 2. The summed E-state index contributed by atoms with van der Waals surface area (Å²) in [6, 6.07) is 2.43. The molecule has 202 valence electrons. The Balaban J connectivity index is 1.35. The van der Waals surface area contributed by atoms with Crippen LogP contribution >= 0.6 is 0 Å². The number of piperazine rings is 1. The number of carbonyl (C=O) groups excluding carboxylic acids is 1. The number of halogens is 3. The summed E-state index contributed by atoms with van der Waals surface area (Å²) in [6.45, 7) is 0.816. The quantitative estimate of drug-likeness (QED) is 0.227. The van der Waals surface area contributed by atoms with Crippen molar-refractivity contribution in [3.63, 3.8) is 0 Å². The van der Waals surface area contributed by atoms with Crippen molar-refractivity contribution in [1.29, 1.82) is 0 Å². The van der Waals surface area contributed by atoms with Crippen molar-refractivity contribution < 1.29 is 31.6 Å². The predicted molar refractivity (Wildman–Crippen MR) is 129 cm³/mol. The third-order valence-corrected chi connectivity index (χ3v) is 8.02. The van der Waals surface area contributed by atoms with E-state index in [9.17, 15) is 31.6 Å². The number of aryl methyl sites for hydroxylation is 1. The van der Waals surface area contributed by atoms with Gasteiger partial charge in [0.1, 0.15) is 5.82 Å². The molecule has 38 heavy (non-hydrogen) atoms. The van der Waals surface area contributed by atoms with Gasteiger partial charge in [0.15, 0.2) is 17.5 Å². The maximum absolute atomic E-state index is 13.5. The Kier molecular flexibility index (Phi) is 8.48. The van der Waals surface area contributed by atoms with Gasteiger partial charge in [-0.25, -0.2) is 46.6 Å². The summed E-state index contributed by atoms with van der Waals surface area (Å²) in [5, 5.41) is 10.2. The first-order valence-corrected chi connectivity index (χ1v) is 13.2. The van der Waals surface area contributed by atoms with Crippen molar-refractivity contribution >= 4 is 22.4 Å². The van der Waals surface area contributed by atoms with E-state index >= 15 is 0 Å². The lowest BCUT2D eigenvalue weighted by Crippen LogP contribution is -2.51. The molecule has 1 atom stereocenters. The van der Waals surface area contributed by atoms with Gasteiger partial charge in [-0.3, -0.25) is 10.0 Å². The Bertz CT molecular complexity index is 1360. The molecule has 3 heterocycles. The number of amides is 1. The molecule has 11 nitrogen and oxygen atoms in total. The average molecular weight is 552 g/mol. The van der Waals surface area contributed by atoms with Crippen LogP contribution in [-0.2, 0) is 21.2 Å². The van der Waals surface area contributed by atoms with Crippen LogP contribution in [0.3, 0.4) is 0 Å². The van der Waals surface area contributed by atoms with E-state index in [-0.39, 0.29) is 51.3 Å². The second-order valence-electron chi connectivity index (χ2n) is 8.56. The second kappa shape index (κ2) is 11.8. The summed E-state index contributed by atoms with van der Waals surface area (Å²) >= 11 is 0. The topological polar surface area (TPSA) is 133 Å². The lowest BCUT2D eigenvalue weighted by molar-refractivity contribution is -0.158. The van der Waals surface area contributed by atoms with Crippen LogP contribution in [0.2, 0.25) is 0 Å². The van der Waals surface area contributed by atoms with Crippen molar-refractivity contribution in [2.24, 2.45) is 0 Å². The number of rotatable bonds is 10. The van der Waals surface area contributed by atoms with Crippen LogP contribution in [-0.4, -0.2) is 87.3 Å². The van der Waals surface area contributed by atoms with Crippen molar-refractivity contribution in [2.45, 2.75) is 18.9 Å². The Labute approximate surface area is 216 Å². The van der Waals surface area contributed by atoms with E-state index in [0.29, 0.717) is 22.1 Å². The Morgan fingerprint density at radius 3 is 2.21 bits per heavy atom. The summed E-state index contributed by atoms with van der Waals surface area (Å²) in [4.78, 5) is 29.1. The minimum Gasteiger partial charge on any atom is -0.338 e. The molecule has 4 rings (SSSR count). The third-order valence-electron chi connectivity index (χ3n) is 6.07. The standard InChI is InChI=1S/C23H24F3N7O4S/c24-18-12-27-22(28-13-18)4-2-19(33(35)15-34)14-38(36,37)32-7-5-31(6-8-32)23-29-10-17(11-30-23)16-1-3-20(25)21(26)9-16/h1,3,9-13,15,19,35H,2,4-8,14H2. The second-order valence-corrected chi connectivity index (χ2v) is 10.6. The number of benzene rings is 1. The van der Waals surface area contributed by atoms with Crippen LogP contribution in [0.4, 0.5) is 19.1 Å². The first kappa shape index (κ1) is 27.3. The lowest BCUT2D eigenvalue weighted by Gasteiger charge is -2.35. The molecule has 3 aromatic rings. The van der Waals surface area contributed by atoms with Gasteiger partial charge in [-0.05, 0) is 24.1 Å². The Morgan fingerprint density at radius 2 is 1.61 bits per heavy atom. The van der Waals surface area contributed by atoms with E-state index in [2.05, 4.69) is 19.9 Å². The summed E-state index contributed by atoms with van der Waals surface area (Å²) in [5.74, 6) is -2.47. The minimum absolute atomic E-state index is 0.0399. The smallest absolute Gasteiger partial charge is 0.233 e. The fourth-order valence-electron chi connectivity index (χ4n) is 3.97. The molecule has 0 radical (unpaired) electrons. The number of aromatic nitrogens is 4. The number of hydrogen-bond acceptors (Lipinski definition) is 9. The van der Waals surface area contributed by atoms with Crippen LogP contribution in [0.25, 0.3) is 11.1 Å². The van der Waals surface area contributed by atoms with Gasteiger partial charge in [0.05, 0.1) is 24.2 Å². The summed E-state index contributed by atoms with van der Waals surface area (Å²) in [6.07, 6.45) is 5.19. The average Bonchev–Trinajstić information content (AvgIpc) is 2.93. The van der Waals surface area contributed by atoms with Crippen molar-refractivity contribution in [2.75, 3.05) is 36.8 Å². The molecular weight excluding hydrogens is 527 g/mol. The molecular formula is C23H24F3N7O4S. The molecule has 0 aliphatic carbocycles. The first-order valence-electron chi connectivity index (χ1n) is 11.6. The van der Waals surface area contributed by atoms with Gasteiger partial charge >= 0.3 is 0 Å². The van der Waals surface area contributed by atoms with Crippen LogP contribution in [0.15, 0.2) is 43.0 Å². The molecule has 0 bridgehead atoms. The van der Waals surface area contributed by atoms with Gasteiger partial charge in [-0.1, -0.05) is 6.07 Å². The fraction of sp³-hybridized carbons (Fsp3) is 0.348. The highest BCUT2D eigenvalue weighted by atomic mass is 32.2. The summed E-state index contributed by atoms with van der Waals surface area (Å²) < 4.78 is 67.1. The fourth-order valence-corrected chi connectivity index (χ4v) is 5.70. The van der Waals surface area contributed by atoms with Crippen molar-refractivity contribution in [3.8, 4) is 11.1 Å². The monoisotopic (exact) mass is 551 g/mol. The highest BCUT2D eigenvalue weighted by Gasteiger charge is 2.32. The van der Waals surface area contributed by atoms with Crippen LogP contribution in [0, 0.1) is 17.5 Å². The van der Waals surface area contributed by atoms with Gasteiger partial charge in [-0.15, -0.1) is 0 Å². The summed E-state index contributed by atoms with van der Waals surface area (Å²) in [7, 11) is -3.87. The van der Waals surface area contributed by atoms with E-state index < -0.39 is 39.3 Å². The molecule has 1 aromatic carbocycles. The highest BCUT2D eigenvalue weighted by molar-refractivity contribution is 7.89. The van der Waals surface area contributed by atoms with E-state index in [1.807, 2.05) is 0 Å². The minimum atomic E-state index is -3.87. The highest BCUT2D eigenvalue weighted by Crippen LogP contribution is 2.22. The molecule has 1 unspecified atom stereocenters. The largest absolute Gasteiger partial charge is 0.338 e. The maximum Gasteiger partial charge on any atom is 0.233 e. The first-order chi connectivity index (χ1) is 18.2. The van der Waals surface area contributed by atoms with Crippen LogP contribution in [0.5, 0.6) is 0 Å². The zero-order chi connectivity index (χ0) is 27.3. The number of carbonyl (C=O) groups is 1. The van der Waals surface area contributed by atoms with Gasteiger partial charge in [0.25, 0.3) is 0 Å². The van der Waals surface area contributed by atoms with Gasteiger partial charge in [0.2, 0.25) is 22.4 Å². The molecule has 0 spiro atoms. The molecule has 1 aliphatic heterocycles. The van der Waals surface area contributed by atoms with E-state index in [1.54, 1.807) is 4.90 Å². The molecule has 15 heteroatoms. The van der Waals surface area contributed by atoms with Gasteiger partial charge < -0.3 is 4.90 Å². The van der Waals surface area contributed by atoms with E-state index in [4.69, 9.17) is 0 Å². The SMILES string of the molecule is O=CN(O)C(CCc1ncc(F)cn1)CS(=O)(=O)N1CCN(c2ncc(-c3ccc(F)c(F)c3)cn2)CC1. The number of hydrogen-bond donors (Lipinski definition) is 1. The Morgan fingerprint density at radius 1 is 0.947 bits per heavy atom. The van der Waals surface area contributed by atoms with Gasteiger partial charge in [0, 0.05) is 50.6 Å². The number of nitrogens with zero attached hydrogens (tertiary/aromatic N) is 7. The van der Waals surface area contributed by atoms with Crippen molar-refractivity contribution in [3.05, 3.63) is 66.3 Å². The molecule has 1 amide bonds. The zero-order valence-electron chi connectivity index (χ0n) is 20.0. The normalized spacial score (nSPS) is 15.3. The Hall–Kier alpha value is -3.69. The molecule has 1 N–H and O–H groups in total. The molecule has 1 fully saturated rings. The molecule has 2 aromatic heterocycles. The third kappa shape index (κ3) is 6.59. The number of anilines is 1. The zero-order valence-corrected chi connectivity index (χ0v) is 20.8. The van der Waals surface area contributed by atoms with Crippen molar-refractivity contribution in [1.82, 2.24) is 29.3 Å². The van der Waals surface area contributed by atoms with Gasteiger partial charge in [-0.2, -0.15) is 4.31 Å².